The lowest BCUT2D eigenvalue weighted by Gasteiger charge is -2.30. The van der Waals surface area contributed by atoms with E-state index >= 15 is 0 Å². The Morgan fingerprint density at radius 1 is 1.21 bits per heavy atom. The monoisotopic (exact) mass is 394 g/mol. The van der Waals surface area contributed by atoms with Crippen LogP contribution in [0.2, 0.25) is 0 Å². The summed E-state index contributed by atoms with van der Waals surface area (Å²) >= 11 is 0. The lowest BCUT2D eigenvalue weighted by atomic mass is 9.83. The minimum atomic E-state index is -4.66. The number of nitrogens with one attached hydrogen (secondary N) is 2. The Hall–Kier alpha value is -3.23. The third-order valence-electron chi connectivity index (χ3n) is 4.27. The summed E-state index contributed by atoms with van der Waals surface area (Å²) in [5.74, 6) is -1.37. The number of halogens is 3. The number of anilines is 1. The molecule has 0 amide bonds. The molecule has 6 nitrogen and oxygen atoms in total. The molecular formula is C19H17F3N2O4. The van der Waals surface area contributed by atoms with Crippen molar-refractivity contribution in [2.24, 2.45) is 0 Å². The number of aromatic amines is 1. The summed E-state index contributed by atoms with van der Waals surface area (Å²) in [6.45, 7) is 3.14. The predicted octanol–water partition coefficient (Wildman–Crippen LogP) is 4.36. The van der Waals surface area contributed by atoms with Gasteiger partial charge in [0, 0.05) is 11.9 Å². The van der Waals surface area contributed by atoms with Gasteiger partial charge in [-0.2, -0.15) is 13.2 Å². The summed E-state index contributed by atoms with van der Waals surface area (Å²) in [5.41, 5.74) is -1.07. The SMILES string of the molecule is CCOC(=O)OC1=C(C)Nc2cc[nH]c(=O)c2C1c1ccccc1C(F)(F)F. The molecule has 0 radical (unpaired) electrons. The molecular weight excluding hydrogens is 377 g/mol. The fraction of sp³-hybridized carbons (Fsp3) is 0.263. The first-order valence-electron chi connectivity index (χ1n) is 8.44. The minimum absolute atomic E-state index is 0.0177. The smallest absolute Gasteiger partial charge is 0.434 e. The van der Waals surface area contributed by atoms with Crippen molar-refractivity contribution in [2.75, 3.05) is 11.9 Å². The molecule has 1 aromatic heterocycles. The van der Waals surface area contributed by atoms with Gasteiger partial charge in [0.05, 0.1) is 29.3 Å². The molecule has 0 aliphatic carbocycles. The van der Waals surface area contributed by atoms with Gasteiger partial charge < -0.3 is 19.8 Å². The van der Waals surface area contributed by atoms with E-state index in [0.29, 0.717) is 11.4 Å². The second-order valence-corrected chi connectivity index (χ2v) is 6.05. The third-order valence-corrected chi connectivity index (χ3v) is 4.27. The molecule has 1 aliphatic heterocycles. The maximum absolute atomic E-state index is 13.6. The fourth-order valence-electron chi connectivity index (χ4n) is 3.17. The summed E-state index contributed by atoms with van der Waals surface area (Å²) in [7, 11) is 0. The molecule has 0 spiro atoms. The number of rotatable bonds is 3. The highest BCUT2D eigenvalue weighted by atomic mass is 19.4. The molecule has 148 valence electrons. The van der Waals surface area contributed by atoms with Crippen molar-refractivity contribution < 1.29 is 27.4 Å². The van der Waals surface area contributed by atoms with Crippen LogP contribution >= 0.6 is 0 Å². The maximum atomic E-state index is 13.6. The van der Waals surface area contributed by atoms with Gasteiger partial charge in [-0.1, -0.05) is 18.2 Å². The van der Waals surface area contributed by atoms with E-state index < -0.39 is 29.4 Å². The van der Waals surface area contributed by atoms with Crippen LogP contribution < -0.4 is 10.9 Å². The van der Waals surface area contributed by atoms with E-state index in [2.05, 4.69) is 10.3 Å². The predicted molar refractivity (Wildman–Crippen MR) is 94.8 cm³/mol. The number of benzene rings is 1. The van der Waals surface area contributed by atoms with Crippen LogP contribution in [-0.4, -0.2) is 17.7 Å². The van der Waals surface area contributed by atoms with E-state index in [0.717, 1.165) is 6.07 Å². The number of allylic oxidation sites excluding steroid dienone is 2. The highest BCUT2D eigenvalue weighted by Crippen LogP contribution is 2.44. The zero-order chi connectivity index (χ0) is 20.5. The number of alkyl halides is 3. The number of H-pyrrole nitrogens is 1. The molecule has 0 saturated carbocycles. The van der Waals surface area contributed by atoms with Gasteiger partial charge >= 0.3 is 12.3 Å². The minimum Gasteiger partial charge on any atom is -0.434 e. The van der Waals surface area contributed by atoms with E-state index in [-0.39, 0.29) is 23.5 Å². The number of carbonyl (C=O) groups is 1. The lowest BCUT2D eigenvalue weighted by molar-refractivity contribution is -0.138. The summed E-state index contributed by atoms with van der Waals surface area (Å²) in [6.07, 6.45) is -4.35. The molecule has 3 rings (SSSR count). The molecule has 0 bridgehead atoms. The van der Waals surface area contributed by atoms with E-state index in [1.165, 1.54) is 30.5 Å². The van der Waals surface area contributed by atoms with Gasteiger partial charge in [0.15, 0.2) is 0 Å². The molecule has 0 fully saturated rings. The van der Waals surface area contributed by atoms with Crippen molar-refractivity contribution in [2.45, 2.75) is 25.9 Å². The Balaban J connectivity index is 2.25. The van der Waals surface area contributed by atoms with E-state index in [1.807, 2.05) is 0 Å². The van der Waals surface area contributed by atoms with Gasteiger partial charge in [-0.15, -0.1) is 0 Å². The second kappa shape index (κ2) is 7.41. The number of ether oxygens (including phenoxy) is 2. The fourth-order valence-corrected chi connectivity index (χ4v) is 3.17. The Kier molecular flexibility index (Phi) is 5.17. The summed E-state index contributed by atoms with van der Waals surface area (Å²) in [6, 6.07) is 6.40. The van der Waals surface area contributed by atoms with E-state index in [1.54, 1.807) is 13.8 Å². The maximum Gasteiger partial charge on any atom is 0.513 e. The van der Waals surface area contributed by atoms with Crippen LogP contribution in [-0.2, 0) is 15.7 Å². The zero-order valence-electron chi connectivity index (χ0n) is 15.0. The van der Waals surface area contributed by atoms with E-state index in [4.69, 9.17) is 9.47 Å². The van der Waals surface area contributed by atoms with Gasteiger partial charge in [0.25, 0.3) is 5.56 Å². The summed E-state index contributed by atoms with van der Waals surface area (Å²) in [5, 5.41) is 2.90. The van der Waals surface area contributed by atoms with E-state index in [9.17, 15) is 22.8 Å². The first kappa shape index (κ1) is 19.5. The molecule has 2 aromatic rings. The Morgan fingerprint density at radius 3 is 2.61 bits per heavy atom. The zero-order valence-corrected chi connectivity index (χ0v) is 15.0. The van der Waals surface area contributed by atoms with Crippen LogP contribution in [0.4, 0.5) is 23.7 Å². The van der Waals surface area contributed by atoms with Crippen LogP contribution in [0.3, 0.4) is 0 Å². The van der Waals surface area contributed by atoms with Crippen LogP contribution in [0, 0.1) is 0 Å². The average molecular weight is 394 g/mol. The van der Waals surface area contributed by atoms with Crippen LogP contribution in [0.1, 0.15) is 36.5 Å². The molecule has 9 heteroatoms. The first-order chi connectivity index (χ1) is 13.2. The largest absolute Gasteiger partial charge is 0.513 e. The summed E-state index contributed by atoms with van der Waals surface area (Å²) in [4.78, 5) is 26.9. The number of aromatic nitrogens is 1. The number of fused-ring (bicyclic) bond motifs is 1. The topological polar surface area (TPSA) is 80.4 Å². The quantitative estimate of drug-likeness (QED) is 0.757. The molecule has 2 N–H and O–H groups in total. The molecule has 1 atom stereocenters. The van der Waals surface area contributed by atoms with Crippen LogP contribution in [0.25, 0.3) is 0 Å². The van der Waals surface area contributed by atoms with Crippen molar-refractivity contribution in [3.8, 4) is 0 Å². The highest BCUT2D eigenvalue weighted by Gasteiger charge is 2.40. The number of pyridine rings is 1. The van der Waals surface area contributed by atoms with Gasteiger partial charge in [0.1, 0.15) is 5.76 Å². The van der Waals surface area contributed by atoms with Gasteiger partial charge in [-0.25, -0.2) is 4.79 Å². The standard InChI is InChI=1S/C19H17F3N2O4/c1-3-27-18(26)28-16-10(2)24-13-8-9-23-17(25)15(13)14(16)11-6-4-5-7-12(11)19(20,21)22/h4-9,14,24H,3H2,1-2H3,(H,23,25). The normalized spacial score (nSPS) is 16.2. The highest BCUT2D eigenvalue weighted by molar-refractivity contribution is 5.68. The number of carbonyl (C=O) groups excluding carboxylic acids is 1. The lowest BCUT2D eigenvalue weighted by Crippen LogP contribution is -2.29. The summed E-state index contributed by atoms with van der Waals surface area (Å²) < 4.78 is 50.9. The molecule has 1 aromatic carbocycles. The van der Waals surface area contributed by atoms with Crippen molar-refractivity contribution >= 4 is 11.8 Å². The third kappa shape index (κ3) is 3.60. The van der Waals surface area contributed by atoms with Crippen LogP contribution in [0.5, 0.6) is 0 Å². The van der Waals surface area contributed by atoms with Gasteiger partial charge in [-0.3, -0.25) is 4.79 Å². The first-order valence-corrected chi connectivity index (χ1v) is 8.44. The van der Waals surface area contributed by atoms with Crippen molar-refractivity contribution in [1.82, 2.24) is 4.98 Å². The Morgan fingerprint density at radius 2 is 1.93 bits per heavy atom. The van der Waals surface area contributed by atoms with Gasteiger partial charge in [-0.05, 0) is 31.5 Å². The number of hydrogen-bond donors (Lipinski definition) is 2. The second-order valence-electron chi connectivity index (χ2n) is 6.05. The van der Waals surface area contributed by atoms with Gasteiger partial charge in [0.2, 0.25) is 0 Å². The Bertz CT molecular complexity index is 995. The van der Waals surface area contributed by atoms with Crippen molar-refractivity contribution in [3.63, 3.8) is 0 Å². The molecule has 1 unspecified atom stereocenters. The van der Waals surface area contributed by atoms with Crippen molar-refractivity contribution in [3.05, 3.63) is 75.0 Å². The number of hydrogen-bond acceptors (Lipinski definition) is 5. The average Bonchev–Trinajstić information content (AvgIpc) is 2.62. The molecule has 2 heterocycles. The molecule has 1 aliphatic rings. The van der Waals surface area contributed by atoms with Crippen LogP contribution in [0.15, 0.2) is 52.8 Å². The Labute approximate surface area is 158 Å². The molecule has 28 heavy (non-hydrogen) atoms. The molecule has 0 saturated heterocycles. The van der Waals surface area contributed by atoms with Crippen molar-refractivity contribution in [1.29, 1.82) is 0 Å².